The summed E-state index contributed by atoms with van der Waals surface area (Å²) in [5, 5.41) is 4.61. The summed E-state index contributed by atoms with van der Waals surface area (Å²) in [6.45, 7) is 15.1. The molecule has 4 heteroatoms. The molecule has 0 fully saturated rings. The van der Waals surface area contributed by atoms with Crippen LogP contribution in [-0.4, -0.2) is 24.6 Å². The molecule has 1 heterocycles. The second kappa shape index (κ2) is 7.74. The summed E-state index contributed by atoms with van der Waals surface area (Å²) < 4.78 is 0. The fraction of sp³-hybridized carbons (Fsp3) is 0.786. The van der Waals surface area contributed by atoms with Crippen LogP contribution in [0.5, 0.6) is 0 Å². The smallest absolute Gasteiger partial charge is 0.185 e. The van der Waals surface area contributed by atoms with Crippen molar-refractivity contribution in [2.24, 2.45) is 0 Å². The Hall–Kier alpha value is -0.610. The first-order valence-corrected chi connectivity index (χ1v) is 7.94. The Morgan fingerprint density at radius 3 is 2.39 bits per heavy atom. The van der Waals surface area contributed by atoms with E-state index < -0.39 is 0 Å². The van der Waals surface area contributed by atoms with Crippen LogP contribution in [0.3, 0.4) is 0 Å². The van der Waals surface area contributed by atoms with E-state index in [1.54, 1.807) is 0 Å². The molecule has 1 aromatic heterocycles. The van der Waals surface area contributed by atoms with E-state index in [9.17, 15) is 0 Å². The first-order chi connectivity index (χ1) is 8.67. The number of nitrogens with zero attached hydrogens (tertiary/aromatic N) is 2. The van der Waals surface area contributed by atoms with Gasteiger partial charge in [0, 0.05) is 24.5 Å². The summed E-state index contributed by atoms with van der Waals surface area (Å²) in [4.78, 5) is 8.63. The average Bonchev–Trinajstić information content (AvgIpc) is 2.81. The topological polar surface area (TPSA) is 28.2 Å². The van der Waals surface area contributed by atoms with Gasteiger partial charge in [-0.25, -0.2) is 4.98 Å². The van der Waals surface area contributed by atoms with E-state index in [4.69, 9.17) is 4.98 Å². The molecule has 0 spiro atoms. The zero-order chi connectivity index (χ0) is 13.5. The van der Waals surface area contributed by atoms with Crippen molar-refractivity contribution in [2.45, 2.75) is 53.5 Å². The van der Waals surface area contributed by atoms with Gasteiger partial charge >= 0.3 is 0 Å². The molecule has 0 saturated heterocycles. The van der Waals surface area contributed by atoms with Crippen LogP contribution >= 0.6 is 11.3 Å². The molecule has 3 nitrogen and oxygen atoms in total. The number of thiazole rings is 1. The van der Waals surface area contributed by atoms with Crippen LogP contribution in [0.2, 0.25) is 0 Å². The monoisotopic (exact) mass is 269 g/mol. The van der Waals surface area contributed by atoms with E-state index in [-0.39, 0.29) is 0 Å². The molecule has 0 aliphatic carbocycles. The van der Waals surface area contributed by atoms with Crippen molar-refractivity contribution in [1.29, 1.82) is 0 Å². The first-order valence-electron chi connectivity index (χ1n) is 7.12. The van der Waals surface area contributed by atoms with Gasteiger partial charge in [-0.15, -0.1) is 11.3 Å². The standard InChI is InChI=1S/C14H27N3S/c1-6-11(5)13-12(10-15-7-2)18-14(16-13)17(8-3)9-4/h11,15H,6-10H2,1-5H3. The quantitative estimate of drug-likeness (QED) is 0.781. The number of anilines is 1. The van der Waals surface area contributed by atoms with Gasteiger partial charge in [0.05, 0.1) is 5.69 Å². The van der Waals surface area contributed by atoms with E-state index in [1.807, 2.05) is 11.3 Å². The van der Waals surface area contributed by atoms with Crippen LogP contribution in [0.25, 0.3) is 0 Å². The molecule has 1 aromatic rings. The largest absolute Gasteiger partial charge is 0.349 e. The maximum atomic E-state index is 4.88. The molecule has 0 amide bonds. The van der Waals surface area contributed by atoms with Crippen LogP contribution in [0.4, 0.5) is 5.13 Å². The van der Waals surface area contributed by atoms with Crippen LogP contribution in [0.15, 0.2) is 0 Å². The lowest BCUT2D eigenvalue weighted by Crippen LogP contribution is -2.21. The first kappa shape index (κ1) is 15.4. The van der Waals surface area contributed by atoms with E-state index in [0.717, 1.165) is 32.6 Å². The number of rotatable bonds is 8. The second-order valence-corrected chi connectivity index (χ2v) is 5.63. The van der Waals surface area contributed by atoms with Gasteiger partial charge in [-0.1, -0.05) is 20.8 Å². The third kappa shape index (κ3) is 3.69. The Morgan fingerprint density at radius 1 is 1.22 bits per heavy atom. The molecule has 18 heavy (non-hydrogen) atoms. The van der Waals surface area contributed by atoms with Gasteiger partial charge in [-0.05, 0) is 32.7 Å². The van der Waals surface area contributed by atoms with Crippen LogP contribution < -0.4 is 10.2 Å². The highest BCUT2D eigenvalue weighted by atomic mass is 32.1. The summed E-state index contributed by atoms with van der Waals surface area (Å²) in [6, 6.07) is 0. The highest BCUT2D eigenvalue weighted by Gasteiger charge is 2.17. The Morgan fingerprint density at radius 2 is 1.89 bits per heavy atom. The lowest BCUT2D eigenvalue weighted by Gasteiger charge is -2.16. The molecule has 0 aromatic carbocycles. The molecule has 0 aliphatic heterocycles. The Bertz CT molecular complexity index is 345. The average molecular weight is 269 g/mol. The van der Waals surface area contributed by atoms with Gasteiger partial charge in [0.15, 0.2) is 5.13 Å². The fourth-order valence-electron chi connectivity index (χ4n) is 1.92. The van der Waals surface area contributed by atoms with Crippen molar-refractivity contribution in [3.05, 3.63) is 10.6 Å². The van der Waals surface area contributed by atoms with Crippen molar-refractivity contribution in [3.63, 3.8) is 0 Å². The second-order valence-electron chi connectivity index (χ2n) is 4.57. The minimum Gasteiger partial charge on any atom is -0.349 e. The molecule has 1 unspecified atom stereocenters. The van der Waals surface area contributed by atoms with Crippen molar-refractivity contribution >= 4 is 16.5 Å². The summed E-state index contributed by atoms with van der Waals surface area (Å²) in [6.07, 6.45) is 1.15. The summed E-state index contributed by atoms with van der Waals surface area (Å²) in [5.74, 6) is 0.555. The predicted octanol–water partition coefficient (Wildman–Crippen LogP) is 3.61. The summed E-state index contributed by atoms with van der Waals surface area (Å²) in [7, 11) is 0. The minimum absolute atomic E-state index is 0.555. The molecule has 1 rings (SSSR count). The van der Waals surface area contributed by atoms with Crippen LogP contribution in [0, 0.1) is 0 Å². The molecule has 0 saturated carbocycles. The van der Waals surface area contributed by atoms with Gasteiger partial charge in [0.25, 0.3) is 0 Å². The van der Waals surface area contributed by atoms with Crippen molar-refractivity contribution < 1.29 is 0 Å². The zero-order valence-corrected chi connectivity index (χ0v) is 13.2. The number of aromatic nitrogens is 1. The minimum atomic E-state index is 0.555. The van der Waals surface area contributed by atoms with Gasteiger partial charge < -0.3 is 10.2 Å². The Kier molecular flexibility index (Phi) is 6.65. The van der Waals surface area contributed by atoms with Crippen LogP contribution in [-0.2, 0) is 6.54 Å². The SMILES string of the molecule is CCNCc1sc(N(CC)CC)nc1C(C)CC. The van der Waals surface area contributed by atoms with Gasteiger partial charge in [0.1, 0.15) is 0 Å². The highest BCUT2D eigenvalue weighted by molar-refractivity contribution is 7.15. The molecule has 104 valence electrons. The third-order valence-electron chi connectivity index (χ3n) is 3.36. The number of nitrogens with one attached hydrogen (secondary N) is 1. The number of hydrogen-bond donors (Lipinski definition) is 1. The third-order valence-corrected chi connectivity index (χ3v) is 4.50. The zero-order valence-electron chi connectivity index (χ0n) is 12.4. The Labute approximate surface area is 116 Å². The summed E-state index contributed by atoms with van der Waals surface area (Å²) >= 11 is 1.85. The normalized spacial score (nSPS) is 12.7. The highest BCUT2D eigenvalue weighted by Crippen LogP contribution is 2.32. The predicted molar refractivity (Wildman–Crippen MR) is 81.8 cm³/mol. The maximum Gasteiger partial charge on any atom is 0.185 e. The van der Waals surface area contributed by atoms with E-state index in [2.05, 4.69) is 44.8 Å². The molecule has 0 bridgehead atoms. The molecular weight excluding hydrogens is 242 g/mol. The Balaban J connectivity index is 2.98. The number of hydrogen-bond acceptors (Lipinski definition) is 4. The maximum absolute atomic E-state index is 4.88. The lowest BCUT2D eigenvalue weighted by atomic mass is 10.0. The summed E-state index contributed by atoms with van der Waals surface area (Å²) in [5.41, 5.74) is 1.30. The molecule has 1 atom stereocenters. The molecular formula is C14H27N3S. The van der Waals surface area contributed by atoms with E-state index in [0.29, 0.717) is 5.92 Å². The van der Waals surface area contributed by atoms with Crippen molar-refractivity contribution in [1.82, 2.24) is 10.3 Å². The van der Waals surface area contributed by atoms with Gasteiger partial charge in [-0.3, -0.25) is 0 Å². The van der Waals surface area contributed by atoms with Crippen molar-refractivity contribution in [2.75, 3.05) is 24.5 Å². The van der Waals surface area contributed by atoms with Crippen LogP contribution in [0.1, 0.15) is 57.5 Å². The van der Waals surface area contributed by atoms with E-state index in [1.165, 1.54) is 15.7 Å². The lowest BCUT2D eigenvalue weighted by molar-refractivity contribution is 0.676. The molecule has 0 aliphatic rings. The van der Waals surface area contributed by atoms with Gasteiger partial charge in [-0.2, -0.15) is 0 Å². The van der Waals surface area contributed by atoms with Crippen molar-refractivity contribution in [3.8, 4) is 0 Å². The van der Waals surface area contributed by atoms with E-state index >= 15 is 0 Å². The molecule has 1 N–H and O–H groups in total. The molecule has 0 radical (unpaired) electrons. The van der Waals surface area contributed by atoms with Gasteiger partial charge in [0.2, 0.25) is 0 Å². The fourth-order valence-corrected chi connectivity index (χ4v) is 3.20.